The highest BCUT2D eigenvalue weighted by atomic mass is 19.1. The first-order valence-corrected chi connectivity index (χ1v) is 9.13. The highest BCUT2D eigenvalue weighted by molar-refractivity contribution is 5.63. The zero-order chi connectivity index (χ0) is 19.1. The number of amides is 1. The molecule has 2 aliphatic rings. The average Bonchev–Trinajstić information content (AvgIpc) is 2.96. The fourth-order valence-corrected chi connectivity index (χ4v) is 4.35. The Labute approximate surface area is 154 Å². The lowest BCUT2D eigenvalue weighted by molar-refractivity contribution is -0.272. The number of nitriles is 1. The molecule has 1 aromatic rings. The summed E-state index contributed by atoms with van der Waals surface area (Å²) in [5.41, 5.74) is 1.92. The van der Waals surface area contributed by atoms with Crippen LogP contribution in [0.3, 0.4) is 0 Å². The Kier molecular flexibility index (Phi) is 4.94. The third kappa shape index (κ3) is 3.41. The van der Waals surface area contributed by atoms with Gasteiger partial charge in [0.25, 0.3) is 0 Å². The summed E-state index contributed by atoms with van der Waals surface area (Å²) < 4.78 is 13.8. The molecule has 2 atom stereocenters. The summed E-state index contributed by atoms with van der Waals surface area (Å²) >= 11 is 0. The molecule has 0 aromatic heterocycles. The van der Waals surface area contributed by atoms with E-state index in [0.29, 0.717) is 19.6 Å². The summed E-state index contributed by atoms with van der Waals surface area (Å²) in [4.78, 5) is 15.2. The van der Waals surface area contributed by atoms with Gasteiger partial charge in [-0.05, 0) is 41.4 Å². The van der Waals surface area contributed by atoms with Gasteiger partial charge in [-0.1, -0.05) is 26.8 Å². The SMILES string of the molecule is CC(C)(C)C1CN(CC2CCc3c2ccc(F)c3C#N)CCN1C(=O)[O-]. The van der Waals surface area contributed by atoms with E-state index in [-0.39, 0.29) is 22.9 Å². The molecule has 26 heavy (non-hydrogen) atoms. The molecule has 1 aromatic carbocycles. The van der Waals surface area contributed by atoms with Gasteiger partial charge in [-0.15, -0.1) is 0 Å². The molecule has 0 N–H and O–H groups in total. The Morgan fingerprint density at radius 2 is 2.12 bits per heavy atom. The van der Waals surface area contributed by atoms with Crippen LogP contribution < -0.4 is 5.11 Å². The quantitative estimate of drug-likeness (QED) is 0.812. The molecule has 1 amide bonds. The largest absolute Gasteiger partial charge is 0.530 e. The minimum atomic E-state index is -1.11. The van der Waals surface area contributed by atoms with Crippen molar-refractivity contribution in [3.63, 3.8) is 0 Å². The molecule has 1 saturated heterocycles. The number of rotatable bonds is 2. The van der Waals surface area contributed by atoms with Crippen LogP contribution >= 0.6 is 0 Å². The number of hydrogen-bond acceptors (Lipinski definition) is 4. The summed E-state index contributed by atoms with van der Waals surface area (Å²) in [7, 11) is 0. The average molecular weight is 358 g/mol. The zero-order valence-electron chi connectivity index (χ0n) is 15.6. The smallest absolute Gasteiger partial charge is 0.141 e. The number of carbonyl (C=O) groups excluding carboxylic acids is 1. The standard InChI is InChI=1S/C20H26FN3O2/c1-20(2,3)18-12-23(8-9-24(18)19(25)26)11-13-4-5-15-14(13)6-7-17(21)16(15)10-22/h6-7,13,18H,4-5,8-9,11-12H2,1-3H3,(H,25,26)/p-1. The summed E-state index contributed by atoms with van der Waals surface area (Å²) in [6.07, 6.45) is 0.515. The van der Waals surface area contributed by atoms with Crippen LogP contribution in [-0.2, 0) is 6.42 Å². The summed E-state index contributed by atoms with van der Waals surface area (Å²) in [5, 5.41) is 20.7. The number of halogens is 1. The van der Waals surface area contributed by atoms with Crippen molar-refractivity contribution in [3.8, 4) is 6.07 Å². The van der Waals surface area contributed by atoms with Crippen LogP contribution in [0.15, 0.2) is 12.1 Å². The van der Waals surface area contributed by atoms with Crippen molar-refractivity contribution in [2.24, 2.45) is 5.41 Å². The maximum absolute atomic E-state index is 13.8. The van der Waals surface area contributed by atoms with Gasteiger partial charge in [-0.2, -0.15) is 5.26 Å². The van der Waals surface area contributed by atoms with Gasteiger partial charge in [-0.3, -0.25) is 4.90 Å². The second-order valence-corrected chi connectivity index (χ2v) is 8.44. The summed E-state index contributed by atoms with van der Waals surface area (Å²) in [6.45, 7) is 8.71. The van der Waals surface area contributed by atoms with Crippen molar-refractivity contribution in [2.45, 2.75) is 45.6 Å². The number of carboxylic acid groups (broad SMARTS) is 1. The van der Waals surface area contributed by atoms with Crippen LogP contribution in [0.1, 0.15) is 49.8 Å². The van der Waals surface area contributed by atoms with Gasteiger partial charge in [0.15, 0.2) is 0 Å². The molecular formula is C20H25FN3O2-. The number of hydrogen-bond donors (Lipinski definition) is 0. The maximum Gasteiger partial charge on any atom is 0.141 e. The molecule has 2 unspecified atom stereocenters. The van der Waals surface area contributed by atoms with Crippen LogP contribution in [0.2, 0.25) is 0 Å². The first-order valence-electron chi connectivity index (χ1n) is 9.13. The molecule has 3 rings (SSSR count). The number of fused-ring (bicyclic) bond motifs is 1. The molecule has 0 bridgehead atoms. The Bertz CT molecular complexity index is 751. The second-order valence-electron chi connectivity index (χ2n) is 8.44. The van der Waals surface area contributed by atoms with Gasteiger partial charge in [-0.25, -0.2) is 4.39 Å². The van der Waals surface area contributed by atoms with Crippen molar-refractivity contribution < 1.29 is 14.3 Å². The van der Waals surface area contributed by atoms with Gasteiger partial charge >= 0.3 is 0 Å². The predicted molar refractivity (Wildman–Crippen MR) is 94.0 cm³/mol. The van der Waals surface area contributed by atoms with E-state index in [1.807, 2.05) is 32.9 Å². The first kappa shape index (κ1) is 18.7. The number of carbonyl (C=O) groups is 1. The second kappa shape index (κ2) is 6.88. The summed E-state index contributed by atoms with van der Waals surface area (Å²) in [6, 6.07) is 5.08. The minimum absolute atomic E-state index is 0.120. The lowest BCUT2D eigenvalue weighted by atomic mass is 9.84. The van der Waals surface area contributed by atoms with Gasteiger partial charge in [0.2, 0.25) is 0 Å². The van der Waals surface area contributed by atoms with Crippen molar-refractivity contribution in [1.29, 1.82) is 5.26 Å². The normalized spacial score (nSPS) is 23.6. The highest BCUT2D eigenvalue weighted by Gasteiger charge is 2.37. The van der Waals surface area contributed by atoms with E-state index in [1.165, 1.54) is 11.0 Å². The van der Waals surface area contributed by atoms with E-state index in [4.69, 9.17) is 0 Å². The van der Waals surface area contributed by atoms with E-state index in [0.717, 1.165) is 30.5 Å². The number of nitrogens with zero attached hydrogens (tertiary/aromatic N) is 3. The summed E-state index contributed by atoms with van der Waals surface area (Å²) in [5.74, 6) is -0.185. The Morgan fingerprint density at radius 3 is 2.73 bits per heavy atom. The molecule has 0 saturated carbocycles. The topological polar surface area (TPSA) is 70.4 Å². The van der Waals surface area contributed by atoms with Crippen LogP contribution in [0.5, 0.6) is 0 Å². The van der Waals surface area contributed by atoms with Crippen molar-refractivity contribution in [3.05, 3.63) is 34.6 Å². The third-order valence-electron chi connectivity index (χ3n) is 5.77. The van der Waals surface area contributed by atoms with E-state index in [2.05, 4.69) is 4.90 Å². The van der Waals surface area contributed by atoms with Gasteiger partial charge in [0.1, 0.15) is 18.0 Å². The molecular weight excluding hydrogens is 333 g/mol. The van der Waals surface area contributed by atoms with Crippen LogP contribution in [0.4, 0.5) is 9.18 Å². The van der Waals surface area contributed by atoms with E-state index in [9.17, 15) is 19.6 Å². The van der Waals surface area contributed by atoms with Crippen molar-refractivity contribution in [1.82, 2.24) is 9.80 Å². The lowest BCUT2D eigenvalue weighted by Crippen LogP contribution is -2.62. The maximum atomic E-state index is 13.8. The zero-order valence-corrected chi connectivity index (χ0v) is 15.6. The van der Waals surface area contributed by atoms with Crippen LogP contribution in [0.25, 0.3) is 0 Å². The molecule has 0 radical (unpaired) electrons. The van der Waals surface area contributed by atoms with Crippen LogP contribution in [-0.4, -0.2) is 48.1 Å². The van der Waals surface area contributed by atoms with E-state index >= 15 is 0 Å². The monoisotopic (exact) mass is 358 g/mol. The van der Waals surface area contributed by atoms with E-state index in [1.54, 1.807) is 0 Å². The molecule has 1 fully saturated rings. The minimum Gasteiger partial charge on any atom is -0.530 e. The van der Waals surface area contributed by atoms with Crippen LogP contribution in [0, 0.1) is 22.6 Å². The molecule has 1 aliphatic heterocycles. The Morgan fingerprint density at radius 1 is 1.38 bits per heavy atom. The van der Waals surface area contributed by atoms with Crippen molar-refractivity contribution in [2.75, 3.05) is 26.2 Å². The number of benzene rings is 1. The predicted octanol–water partition coefficient (Wildman–Crippen LogP) is 2.10. The van der Waals surface area contributed by atoms with Gasteiger partial charge < -0.3 is 14.8 Å². The van der Waals surface area contributed by atoms with Gasteiger partial charge in [0.05, 0.1) is 5.56 Å². The lowest BCUT2D eigenvalue weighted by Gasteiger charge is -2.49. The first-order chi connectivity index (χ1) is 12.2. The molecule has 140 valence electrons. The van der Waals surface area contributed by atoms with Gasteiger partial charge in [0, 0.05) is 32.2 Å². The fourth-order valence-electron chi connectivity index (χ4n) is 4.35. The molecule has 6 heteroatoms. The van der Waals surface area contributed by atoms with E-state index < -0.39 is 11.9 Å². The Balaban J connectivity index is 1.76. The number of piperazine rings is 1. The third-order valence-corrected chi connectivity index (χ3v) is 5.77. The fraction of sp³-hybridized carbons (Fsp3) is 0.600. The molecule has 1 aliphatic carbocycles. The molecule has 0 spiro atoms. The highest BCUT2D eigenvalue weighted by Crippen LogP contribution is 2.37. The Hall–Kier alpha value is -2.13. The molecule has 5 nitrogen and oxygen atoms in total. The molecule has 1 heterocycles. The van der Waals surface area contributed by atoms with Crippen molar-refractivity contribution >= 4 is 6.09 Å².